The van der Waals surface area contributed by atoms with Crippen molar-refractivity contribution in [3.05, 3.63) is 59.4 Å². The van der Waals surface area contributed by atoms with Crippen molar-refractivity contribution < 1.29 is 19.7 Å². The number of rotatable bonds is 4. The summed E-state index contributed by atoms with van der Waals surface area (Å²) >= 11 is 0. The molecule has 3 heterocycles. The van der Waals surface area contributed by atoms with Crippen LogP contribution in [0.25, 0.3) is 0 Å². The first-order valence-corrected chi connectivity index (χ1v) is 8.93. The van der Waals surface area contributed by atoms with E-state index in [1.807, 2.05) is 35.2 Å². The minimum absolute atomic E-state index is 0.471. The van der Waals surface area contributed by atoms with Gasteiger partial charge in [0.25, 0.3) is 0 Å². The Morgan fingerprint density at radius 3 is 2.73 bits per heavy atom. The molecule has 1 aromatic heterocycles. The van der Waals surface area contributed by atoms with Crippen LogP contribution >= 0.6 is 0 Å². The highest BCUT2D eigenvalue weighted by molar-refractivity contribution is 5.77. The van der Waals surface area contributed by atoms with Crippen LogP contribution in [0.1, 0.15) is 35.6 Å². The van der Waals surface area contributed by atoms with Crippen molar-refractivity contribution in [3.63, 3.8) is 0 Å². The van der Waals surface area contributed by atoms with Crippen LogP contribution in [0.5, 0.6) is 5.75 Å². The number of likely N-dealkylation sites (tertiary alicyclic amines) is 1. The summed E-state index contributed by atoms with van der Waals surface area (Å²) in [6.07, 6.45) is 5.12. The lowest BCUT2D eigenvalue weighted by atomic mass is 9.84. The number of piperidine rings is 1. The molecule has 1 aromatic carbocycles. The molecule has 0 spiro atoms. The van der Waals surface area contributed by atoms with Gasteiger partial charge < -0.3 is 14.9 Å². The number of hydrogen-bond donors (Lipinski definition) is 2. The summed E-state index contributed by atoms with van der Waals surface area (Å²) in [5.74, 6) is -0.172. The minimum atomic E-state index is -0.955. The number of aliphatic hydroxyl groups is 1. The summed E-state index contributed by atoms with van der Waals surface area (Å²) in [4.78, 5) is 18.1. The van der Waals surface area contributed by atoms with E-state index in [4.69, 9.17) is 4.74 Å². The lowest BCUT2D eigenvalue weighted by Gasteiger charge is -2.40. The average molecular weight is 354 g/mol. The Hall–Kier alpha value is -2.44. The molecule has 0 aliphatic carbocycles. The zero-order chi connectivity index (χ0) is 18.1. The lowest BCUT2D eigenvalue weighted by molar-refractivity contribution is -0.146. The molecular formula is C20H22N2O4. The molecule has 0 bridgehead atoms. The van der Waals surface area contributed by atoms with Crippen LogP contribution in [-0.2, 0) is 16.8 Å². The van der Waals surface area contributed by atoms with Crippen LogP contribution in [0.3, 0.4) is 0 Å². The van der Waals surface area contributed by atoms with Gasteiger partial charge in [-0.15, -0.1) is 0 Å². The average Bonchev–Trinajstić information content (AvgIpc) is 3.14. The van der Waals surface area contributed by atoms with Gasteiger partial charge in [-0.25, -0.2) is 0 Å². The number of nitrogens with zero attached hydrogens (tertiary/aromatic N) is 2. The van der Waals surface area contributed by atoms with Crippen LogP contribution in [0.15, 0.2) is 42.7 Å². The first-order chi connectivity index (χ1) is 12.6. The molecule has 1 saturated heterocycles. The minimum Gasteiger partial charge on any atom is -0.493 e. The molecule has 1 unspecified atom stereocenters. The Balaban J connectivity index is 1.57. The van der Waals surface area contributed by atoms with E-state index in [1.165, 1.54) is 0 Å². The highest BCUT2D eigenvalue weighted by Crippen LogP contribution is 2.40. The number of para-hydroxylation sites is 1. The largest absolute Gasteiger partial charge is 0.493 e. The van der Waals surface area contributed by atoms with E-state index in [2.05, 4.69) is 4.98 Å². The first-order valence-electron chi connectivity index (χ1n) is 8.93. The number of fused-ring (bicyclic) bond motifs is 1. The highest BCUT2D eigenvalue weighted by Gasteiger charge is 2.40. The molecule has 0 amide bonds. The molecule has 0 saturated carbocycles. The normalized spacial score (nSPS) is 20.2. The van der Waals surface area contributed by atoms with E-state index in [0.29, 0.717) is 43.9 Å². The molecule has 26 heavy (non-hydrogen) atoms. The summed E-state index contributed by atoms with van der Waals surface area (Å²) in [6.45, 7) is 1.58. The third-order valence-electron chi connectivity index (χ3n) is 5.46. The fourth-order valence-electron chi connectivity index (χ4n) is 4.02. The molecule has 1 atom stereocenters. The van der Waals surface area contributed by atoms with Gasteiger partial charge in [-0.05, 0) is 24.5 Å². The predicted octanol–water partition coefficient (Wildman–Crippen LogP) is 2.13. The van der Waals surface area contributed by atoms with Gasteiger partial charge >= 0.3 is 5.97 Å². The van der Waals surface area contributed by atoms with Gasteiger partial charge in [0, 0.05) is 43.0 Å². The first kappa shape index (κ1) is 17.0. The Bertz CT molecular complexity index is 801. The Morgan fingerprint density at radius 2 is 2.04 bits per heavy atom. The number of ether oxygens (including phenoxy) is 1. The second kappa shape index (κ2) is 6.70. The van der Waals surface area contributed by atoms with E-state index in [1.54, 1.807) is 12.4 Å². The molecular weight excluding hydrogens is 332 g/mol. The monoisotopic (exact) mass is 354 g/mol. The van der Waals surface area contributed by atoms with Gasteiger partial charge in [-0.2, -0.15) is 0 Å². The van der Waals surface area contributed by atoms with E-state index in [9.17, 15) is 15.0 Å². The topological polar surface area (TPSA) is 82.9 Å². The van der Waals surface area contributed by atoms with Gasteiger partial charge in [-0.1, -0.05) is 24.3 Å². The van der Waals surface area contributed by atoms with E-state index in [-0.39, 0.29) is 0 Å². The fraction of sp³-hybridized carbons (Fsp3) is 0.400. The quantitative estimate of drug-likeness (QED) is 0.875. The van der Waals surface area contributed by atoms with Crippen molar-refractivity contribution >= 4 is 5.97 Å². The Labute approximate surface area is 152 Å². The zero-order valence-corrected chi connectivity index (χ0v) is 14.5. The number of carboxylic acids is 1. The molecule has 4 rings (SSSR count). The third-order valence-corrected chi connectivity index (χ3v) is 5.46. The van der Waals surface area contributed by atoms with E-state index >= 15 is 0 Å². The number of carboxylic acid groups (broad SMARTS) is 1. The fourth-order valence-corrected chi connectivity index (χ4v) is 4.02. The van der Waals surface area contributed by atoms with Crippen LogP contribution in [0.2, 0.25) is 0 Å². The second-order valence-corrected chi connectivity index (χ2v) is 6.98. The maximum absolute atomic E-state index is 12.1. The molecule has 0 radical (unpaired) electrons. The Kier molecular flexibility index (Phi) is 4.38. The van der Waals surface area contributed by atoms with Crippen molar-refractivity contribution in [1.82, 2.24) is 9.88 Å². The number of carbonyl (C=O) groups is 1. The molecule has 2 aliphatic heterocycles. The van der Waals surface area contributed by atoms with E-state index in [0.717, 1.165) is 17.5 Å². The maximum atomic E-state index is 12.1. The van der Waals surface area contributed by atoms with Gasteiger partial charge in [-0.3, -0.25) is 14.7 Å². The van der Waals surface area contributed by atoms with E-state index < -0.39 is 17.6 Å². The summed E-state index contributed by atoms with van der Waals surface area (Å²) < 4.78 is 5.71. The molecule has 2 N–H and O–H groups in total. The highest BCUT2D eigenvalue weighted by atomic mass is 16.5. The van der Waals surface area contributed by atoms with Crippen molar-refractivity contribution in [2.75, 3.05) is 19.7 Å². The molecule has 2 aromatic rings. The number of aromatic nitrogens is 1. The summed E-state index contributed by atoms with van der Waals surface area (Å²) in [7, 11) is 0. The molecule has 6 heteroatoms. The Morgan fingerprint density at radius 1 is 1.23 bits per heavy atom. The smallest absolute Gasteiger partial charge is 0.325 e. The summed E-state index contributed by atoms with van der Waals surface area (Å²) in [5, 5.41) is 20.9. The number of aliphatic carboxylic acids is 1. The zero-order valence-electron chi connectivity index (χ0n) is 14.5. The standard InChI is InChI=1S/C20H22N2O4/c23-19(24)17(16-5-1-3-14-6-12-26-18(14)16)22-10-7-20(25,8-11-22)15-4-2-9-21-13-15/h1-5,9,13,17,25H,6-8,10-12H2,(H,23,24). The lowest BCUT2D eigenvalue weighted by Crippen LogP contribution is -2.46. The third kappa shape index (κ3) is 2.95. The van der Waals surface area contributed by atoms with Crippen LogP contribution < -0.4 is 4.74 Å². The summed E-state index contributed by atoms with van der Waals surface area (Å²) in [5.41, 5.74) is 1.61. The van der Waals surface area contributed by atoms with Gasteiger partial charge in [0.1, 0.15) is 11.8 Å². The molecule has 6 nitrogen and oxygen atoms in total. The van der Waals surface area contributed by atoms with Crippen molar-refractivity contribution in [3.8, 4) is 5.75 Å². The molecule has 2 aliphatic rings. The van der Waals surface area contributed by atoms with Crippen molar-refractivity contribution in [2.24, 2.45) is 0 Å². The predicted molar refractivity (Wildman–Crippen MR) is 95.0 cm³/mol. The maximum Gasteiger partial charge on any atom is 0.325 e. The number of hydrogen-bond acceptors (Lipinski definition) is 5. The number of pyridine rings is 1. The van der Waals surface area contributed by atoms with Crippen LogP contribution in [0.4, 0.5) is 0 Å². The van der Waals surface area contributed by atoms with Gasteiger partial charge in [0.15, 0.2) is 0 Å². The second-order valence-electron chi connectivity index (χ2n) is 6.98. The van der Waals surface area contributed by atoms with Gasteiger partial charge in [0.05, 0.1) is 12.2 Å². The summed E-state index contributed by atoms with van der Waals surface area (Å²) in [6, 6.07) is 8.64. The SMILES string of the molecule is O=C(O)C(c1cccc2c1OCC2)N1CCC(O)(c2cccnc2)CC1. The van der Waals surface area contributed by atoms with Crippen molar-refractivity contribution in [2.45, 2.75) is 30.9 Å². The van der Waals surface area contributed by atoms with Crippen LogP contribution in [0, 0.1) is 0 Å². The van der Waals surface area contributed by atoms with Crippen molar-refractivity contribution in [1.29, 1.82) is 0 Å². The van der Waals surface area contributed by atoms with Gasteiger partial charge in [0.2, 0.25) is 0 Å². The molecule has 136 valence electrons. The van der Waals surface area contributed by atoms with Crippen LogP contribution in [-0.4, -0.2) is 45.8 Å². The number of benzene rings is 1. The molecule has 1 fully saturated rings.